The van der Waals surface area contributed by atoms with Gasteiger partial charge >= 0.3 is 0 Å². The molecule has 19 heavy (non-hydrogen) atoms. The van der Waals surface area contributed by atoms with Gasteiger partial charge in [0.15, 0.2) is 0 Å². The van der Waals surface area contributed by atoms with Crippen LogP contribution in [0.4, 0.5) is 11.4 Å². The molecule has 0 spiro atoms. The first-order chi connectivity index (χ1) is 9.11. The van der Waals surface area contributed by atoms with Crippen LogP contribution in [-0.2, 0) is 0 Å². The van der Waals surface area contributed by atoms with Gasteiger partial charge in [0.2, 0.25) is 0 Å². The van der Waals surface area contributed by atoms with E-state index in [9.17, 15) is 4.79 Å². The van der Waals surface area contributed by atoms with Gasteiger partial charge in [-0.2, -0.15) is 0 Å². The first kappa shape index (κ1) is 13.2. The maximum Gasteiger partial charge on any atom is 0.257 e. The van der Waals surface area contributed by atoms with E-state index in [1.54, 1.807) is 12.1 Å². The number of benzene rings is 2. The number of hydrogen-bond acceptors (Lipinski definition) is 3. The van der Waals surface area contributed by atoms with Crippen molar-refractivity contribution in [1.29, 1.82) is 0 Å². The molecule has 2 rings (SSSR count). The van der Waals surface area contributed by atoms with E-state index < -0.39 is 0 Å². The molecule has 0 aromatic heterocycles. The van der Waals surface area contributed by atoms with Gasteiger partial charge in [0.25, 0.3) is 5.91 Å². The molecular formula is C14H13ClN2O2. The highest BCUT2D eigenvalue weighted by Crippen LogP contribution is 2.29. The Labute approximate surface area is 116 Å². The lowest BCUT2D eigenvalue weighted by atomic mass is 10.1. The minimum Gasteiger partial charge on any atom is -0.495 e. The highest BCUT2D eigenvalue weighted by atomic mass is 35.5. The Kier molecular flexibility index (Phi) is 3.92. The van der Waals surface area contributed by atoms with E-state index in [1.807, 2.05) is 18.2 Å². The van der Waals surface area contributed by atoms with E-state index in [1.165, 1.54) is 19.2 Å². The van der Waals surface area contributed by atoms with Crippen molar-refractivity contribution < 1.29 is 9.53 Å². The number of carbonyl (C=O) groups is 1. The molecule has 2 aromatic carbocycles. The van der Waals surface area contributed by atoms with Gasteiger partial charge < -0.3 is 15.8 Å². The van der Waals surface area contributed by atoms with Gasteiger partial charge in [0, 0.05) is 5.69 Å². The number of nitrogens with two attached hydrogens (primary N) is 1. The number of anilines is 2. The van der Waals surface area contributed by atoms with Crippen LogP contribution in [0, 0.1) is 0 Å². The Morgan fingerprint density at radius 2 is 1.95 bits per heavy atom. The normalized spacial score (nSPS) is 10.0. The molecular weight excluding hydrogens is 264 g/mol. The van der Waals surface area contributed by atoms with Crippen LogP contribution in [0.1, 0.15) is 10.4 Å². The van der Waals surface area contributed by atoms with Gasteiger partial charge in [0.1, 0.15) is 5.75 Å². The topological polar surface area (TPSA) is 64.3 Å². The lowest BCUT2D eigenvalue weighted by molar-refractivity contribution is 0.102. The maximum atomic E-state index is 12.1. The first-order valence-corrected chi connectivity index (χ1v) is 5.99. The zero-order valence-electron chi connectivity index (χ0n) is 10.3. The molecule has 0 heterocycles. The summed E-state index contributed by atoms with van der Waals surface area (Å²) in [4.78, 5) is 12.1. The van der Waals surface area contributed by atoms with Crippen molar-refractivity contribution in [1.82, 2.24) is 0 Å². The molecule has 0 aliphatic carbocycles. The van der Waals surface area contributed by atoms with Crippen LogP contribution in [0.5, 0.6) is 5.75 Å². The fourth-order valence-electron chi connectivity index (χ4n) is 1.64. The minimum atomic E-state index is -0.311. The van der Waals surface area contributed by atoms with Crippen LogP contribution in [0.3, 0.4) is 0 Å². The standard InChI is InChI=1S/C14H13ClN2O2/c1-19-13-7-10(11(15)8-12(13)16)14(18)17-9-5-3-2-4-6-9/h2-8H,16H2,1H3,(H,17,18). The second-order valence-corrected chi connectivity index (χ2v) is 4.30. The number of methoxy groups -OCH3 is 1. The third kappa shape index (κ3) is 2.98. The predicted molar refractivity (Wildman–Crippen MR) is 76.8 cm³/mol. The van der Waals surface area contributed by atoms with Crippen LogP contribution >= 0.6 is 11.6 Å². The Balaban J connectivity index is 2.29. The fraction of sp³-hybridized carbons (Fsp3) is 0.0714. The Morgan fingerprint density at radius 1 is 1.26 bits per heavy atom. The van der Waals surface area contributed by atoms with Crippen molar-refractivity contribution in [3.8, 4) is 5.75 Å². The van der Waals surface area contributed by atoms with Gasteiger partial charge in [0.05, 0.1) is 23.4 Å². The van der Waals surface area contributed by atoms with Crippen molar-refractivity contribution in [2.24, 2.45) is 0 Å². The molecule has 4 nitrogen and oxygen atoms in total. The summed E-state index contributed by atoms with van der Waals surface area (Å²) < 4.78 is 5.08. The van der Waals surface area contributed by atoms with Crippen molar-refractivity contribution in [2.45, 2.75) is 0 Å². The summed E-state index contributed by atoms with van der Waals surface area (Å²) in [6, 6.07) is 12.1. The molecule has 3 N–H and O–H groups in total. The van der Waals surface area contributed by atoms with Crippen LogP contribution in [-0.4, -0.2) is 13.0 Å². The number of hydrogen-bond donors (Lipinski definition) is 2. The number of amides is 1. The van der Waals surface area contributed by atoms with E-state index in [0.717, 1.165) is 0 Å². The summed E-state index contributed by atoms with van der Waals surface area (Å²) in [6.45, 7) is 0. The van der Waals surface area contributed by atoms with E-state index in [0.29, 0.717) is 22.7 Å². The number of para-hydroxylation sites is 1. The van der Waals surface area contributed by atoms with E-state index in [2.05, 4.69) is 5.32 Å². The summed E-state index contributed by atoms with van der Waals surface area (Å²) in [6.07, 6.45) is 0. The van der Waals surface area contributed by atoms with Crippen LogP contribution in [0.15, 0.2) is 42.5 Å². The molecule has 0 atom stereocenters. The SMILES string of the molecule is COc1cc(C(=O)Nc2ccccc2)c(Cl)cc1N. The molecule has 0 saturated heterocycles. The Bertz CT molecular complexity index is 600. The van der Waals surface area contributed by atoms with Crippen LogP contribution in [0.25, 0.3) is 0 Å². The monoisotopic (exact) mass is 276 g/mol. The third-order valence-corrected chi connectivity index (χ3v) is 2.91. The Hall–Kier alpha value is -2.20. The maximum absolute atomic E-state index is 12.1. The average Bonchev–Trinajstić information content (AvgIpc) is 2.40. The summed E-state index contributed by atoms with van der Waals surface area (Å²) in [5, 5.41) is 3.03. The highest BCUT2D eigenvalue weighted by Gasteiger charge is 2.14. The second-order valence-electron chi connectivity index (χ2n) is 3.89. The van der Waals surface area contributed by atoms with Crippen molar-refractivity contribution >= 4 is 28.9 Å². The Morgan fingerprint density at radius 3 is 2.58 bits per heavy atom. The number of nitrogen functional groups attached to an aromatic ring is 1. The molecule has 0 unspecified atom stereocenters. The number of halogens is 1. The summed E-state index contributed by atoms with van der Waals surface area (Å²) in [5.74, 6) is 0.108. The molecule has 5 heteroatoms. The summed E-state index contributed by atoms with van der Waals surface area (Å²) in [5.41, 5.74) is 7.11. The predicted octanol–water partition coefficient (Wildman–Crippen LogP) is 3.18. The second kappa shape index (κ2) is 5.63. The average molecular weight is 277 g/mol. The molecule has 0 radical (unpaired) electrons. The minimum absolute atomic E-state index is 0.284. The molecule has 2 aromatic rings. The van der Waals surface area contributed by atoms with Gasteiger partial charge in [-0.1, -0.05) is 29.8 Å². The molecule has 0 aliphatic rings. The zero-order chi connectivity index (χ0) is 13.8. The fourth-order valence-corrected chi connectivity index (χ4v) is 1.90. The van der Waals surface area contributed by atoms with Crippen molar-refractivity contribution in [2.75, 3.05) is 18.2 Å². The third-order valence-electron chi connectivity index (χ3n) is 2.60. The number of rotatable bonds is 3. The quantitative estimate of drug-likeness (QED) is 0.846. The summed E-state index contributed by atoms with van der Waals surface area (Å²) >= 11 is 6.02. The van der Waals surface area contributed by atoms with Crippen LogP contribution < -0.4 is 15.8 Å². The van der Waals surface area contributed by atoms with Gasteiger partial charge in [-0.3, -0.25) is 4.79 Å². The van der Waals surface area contributed by atoms with Gasteiger partial charge in [-0.25, -0.2) is 0 Å². The molecule has 1 amide bonds. The first-order valence-electron chi connectivity index (χ1n) is 5.61. The lowest BCUT2D eigenvalue weighted by Crippen LogP contribution is -2.13. The zero-order valence-corrected chi connectivity index (χ0v) is 11.1. The lowest BCUT2D eigenvalue weighted by Gasteiger charge is -2.10. The van der Waals surface area contributed by atoms with Crippen LogP contribution in [0.2, 0.25) is 5.02 Å². The van der Waals surface area contributed by atoms with E-state index >= 15 is 0 Å². The van der Waals surface area contributed by atoms with Crippen molar-refractivity contribution in [3.63, 3.8) is 0 Å². The van der Waals surface area contributed by atoms with E-state index in [4.69, 9.17) is 22.1 Å². The highest BCUT2D eigenvalue weighted by molar-refractivity contribution is 6.34. The van der Waals surface area contributed by atoms with Crippen molar-refractivity contribution in [3.05, 3.63) is 53.1 Å². The van der Waals surface area contributed by atoms with Gasteiger partial charge in [-0.15, -0.1) is 0 Å². The number of ether oxygens (including phenoxy) is 1. The number of carbonyl (C=O) groups excluding carboxylic acids is 1. The molecule has 98 valence electrons. The van der Waals surface area contributed by atoms with Gasteiger partial charge in [-0.05, 0) is 24.3 Å². The molecule has 0 bridgehead atoms. The molecule has 0 saturated carbocycles. The number of nitrogens with one attached hydrogen (secondary N) is 1. The van der Waals surface area contributed by atoms with E-state index in [-0.39, 0.29) is 10.9 Å². The molecule has 0 aliphatic heterocycles. The molecule has 0 fully saturated rings. The summed E-state index contributed by atoms with van der Waals surface area (Å²) in [7, 11) is 1.48. The smallest absolute Gasteiger partial charge is 0.257 e. The largest absolute Gasteiger partial charge is 0.495 e.